The Balaban J connectivity index is 0.737. The quantitative estimate of drug-likeness (QED) is 0.0273. The van der Waals surface area contributed by atoms with Crippen LogP contribution in [0.15, 0.2) is 85.5 Å². The molecule has 2 fully saturated rings. The van der Waals surface area contributed by atoms with Crippen LogP contribution in [0.3, 0.4) is 0 Å². The third-order valence-corrected chi connectivity index (χ3v) is 17.2. The summed E-state index contributed by atoms with van der Waals surface area (Å²) in [6.07, 6.45) is 19.7. The Morgan fingerprint density at radius 1 is 0.605 bits per heavy atom. The summed E-state index contributed by atoms with van der Waals surface area (Å²) in [5.74, 6) is 3.30. The fourth-order valence-corrected chi connectivity index (χ4v) is 12.5. The third kappa shape index (κ3) is 11.8. The molecular formula is C62H82N10O4+2. The maximum Gasteiger partial charge on any atom is 0.223 e. The fraction of sp³-hybridized carbons (Fsp3) is 0.484. The van der Waals surface area contributed by atoms with Crippen LogP contribution in [0.4, 0.5) is 0 Å². The highest BCUT2D eigenvalue weighted by molar-refractivity contribution is 6.22. The van der Waals surface area contributed by atoms with Crippen LogP contribution in [0.25, 0.3) is 65.2 Å². The first-order chi connectivity index (χ1) is 37.1. The molecule has 0 bridgehead atoms. The molecule has 2 aliphatic rings. The highest BCUT2D eigenvalue weighted by atomic mass is 16.5. The number of nitrogens with two attached hydrogens (primary N) is 2. The van der Waals surface area contributed by atoms with Gasteiger partial charge in [-0.1, -0.05) is 26.7 Å². The Bertz CT molecular complexity index is 3090. The fourth-order valence-electron chi connectivity index (χ4n) is 12.5. The molecule has 402 valence electrons. The van der Waals surface area contributed by atoms with Crippen molar-refractivity contribution < 1.29 is 28.2 Å². The number of piperidine rings is 2. The minimum absolute atomic E-state index is 0.0551. The van der Waals surface area contributed by atoms with Crippen molar-refractivity contribution in [1.29, 1.82) is 0 Å². The molecule has 2 atom stereocenters. The van der Waals surface area contributed by atoms with Crippen molar-refractivity contribution in [2.75, 3.05) is 66.6 Å². The van der Waals surface area contributed by atoms with Crippen LogP contribution in [-0.2, 0) is 35.8 Å². The minimum Gasteiger partial charge on any atom is -0.497 e. The SMILES string of the molecule is COc1ccc2[nH]c3c(CNC(=O)[C@@H](C)CCCCN)cc4cc[n+](CCN5CCC(C6CCN(CC[n+]7ccc8cc(CNC(=O)[C@@H](C)CCCCN)c9[nH]c%10ccc(OC)cc%10c9c8c7)CC6)CC5)cc4c3c2c1. The van der Waals surface area contributed by atoms with Gasteiger partial charge in [0.2, 0.25) is 11.8 Å². The van der Waals surface area contributed by atoms with E-state index in [2.05, 4.69) is 113 Å². The molecule has 14 nitrogen and oxygen atoms in total. The summed E-state index contributed by atoms with van der Waals surface area (Å²) in [7, 11) is 3.43. The summed E-state index contributed by atoms with van der Waals surface area (Å²) in [5, 5.41) is 15.8. The number of aromatic nitrogens is 4. The number of unbranched alkanes of at least 4 members (excludes halogenated alkanes) is 2. The van der Waals surface area contributed by atoms with E-state index < -0.39 is 0 Å². The monoisotopic (exact) mass is 1030 g/mol. The van der Waals surface area contributed by atoms with Crippen LogP contribution in [0.2, 0.25) is 0 Å². The average Bonchev–Trinajstić information content (AvgIpc) is 4.04. The van der Waals surface area contributed by atoms with Crippen molar-refractivity contribution in [3.8, 4) is 11.5 Å². The first-order valence-electron chi connectivity index (χ1n) is 28.4. The average molecular weight is 1030 g/mol. The standard InChI is InChI=1S/C62H80N10O4/c1-41(9-5-7-21-63)61(73)65-37-47-33-45-19-27-71(39-53(45)57-51-35-49(75-3)11-13-55(51)67-59(47)57)31-29-69-23-15-43(16-24-69)44-17-25-70(26-18-44)30-32-72-28-20-46-34-48(38-66-62(74)42(2)10-6-8-22-64)60-58(54(46)40-72)52-36-50(76-4)12-14-56(52)68-60/h11-14,19-20,27-28,33-36,39-44H,5-10,15-18,21-26,29-32,37-38,63-64H2,1-4H3,(H2,65,66,73,74)/p+2/t41-,42-/m0/s1. The van der Waals surface area contributed by atoms with Gasteiger partial charge < -0.3 is 41.5 Å². The summed E-state index contributed by atoms with van der Waals surface area (Å²) in [6.45, 7) is 14.8. The molecular weight excluding hydrogens is 949 g/mol. The van der Waals surface area contributed by atoms with Gasteiger partial charge in [0.15, 0.2) is 37.9 Å². The van der Waals surface area contributed by atoms with Gasteiger partial charge in [0.05, 0.1) is 49.1 Å². The van der Waals surface area contributed by atoms with E-state index in [9.17, 15) is 9.59 Å². The lowest BCUT2D eigenvalue weighted by Crippen LogP contribution is -2.46. The number of amides is 2. The first kappa shape index (κ1) is 53.1. The molecule has 14 heteroatoms. The highest BCUT2D eigenvalue weighted by Crippen LogP contribution is 2.38. The number of pyridine rings is 2. The molecule has 4 aromatic heterocycles. The lowest BCUT2D eigenvalue weighted by molar-refractivity contribution is -0.695. The van der Waals surface area contributed by atoms with Gasteiger partial charge in [-0.2, -0.15) is 0 Å². The van der Waals surface area contributed by atoms with Crippen LogP contribution in [0.1, 0.15) is 89.2 Å². The van der Waals surface area contributed by atoms with Crippen molar-refractivity contribution in [2.45, 2.75) is 104 Å². The highest BCUT2D eigenvalue weighted by Gasteiger charge is 2.30. The Kier molecular flexibility index (Phi) is 17.0. The second kappa shape index (κ2) is 24.3. The predicted octanol–water partition coefficient (Wildman–Crippen LogP) is 8.74. The van der Waals surface area contributed by atoms with Gasteiger partial charge in [0.1, 0.15) is 11.5 Å². The molecule has 0 spiro atoms. The van der Waals surface area contributed by atoms with Gasteiger partial charge in [0.25, 0.3) is 0 Å². The van der Waals surface area contributed by atoms with E-state index >= 15 is 0 Å². The van der Waals surface area contributed by atoms with Crippen molar-refractivity contribution in [2.24, 2.45) is 35.1 Å². The lowest BCUT2D eigenvalue weighted by Gasteiger charge is -2.39. The summed E-state index contributed by atoms with van der Waals surface area (Å²) in [5.41, 5.74) is 17.8. The van der Waals surface area contributed by atoms with Gasteiger partial charge in [-0.15, -0.1) is 0 Å². The number of hydrogen-bond donors (Lipinski definition) is 6. The second-order valence-electron chi connectivity index (χ2n) is 22.2. The number of hydrogen-bond acceptors (Lipinski definition) is 8. The van der Waals surface area contributed by atoms with Crippen molar-refractivity contribution in [3.63, 3.8) is 0 Å². The number of nitrogens with zero attached hydrogens (tertiary/aromatic N) is 4. The van der Waals surface area contributed by atoms with Crippen LogP contribution in [0, 0.1) is 23.7 Å². The van der Waals surface area contributed by atoms with E-state index in [-0.39, 0.29) is 23.7 Å². The molecule has 2 amide bonds. The number of carbonyl (C=O) groups is 2. The largest absolute Gasteiger partial charge is 0.497 e. The van der Waals surface area contributed by atoms with E-state index in [4.69, 9.17) is 20.9 Å². The summed E-state index contributed by atoms with van der Waals surface area (Å²) < 4.78 is 16.1. The lowest BCUT2D eigenvalue weighted by atomic mass is 9.79. The number of H-pyrrole nitrogens is 2. The molecule has 8 N–H and O–H groups in total. The van der Waals surface area contributed by atoms with E-state index in [1.54, 1.807) is 14.2 Å². The molecule has 0 radical (unpaired) electrons. The van der Waals surface area contributed by atoms with Crippen molar-refractivity contribution in [1.82, 2.24) is 30.4 Å². The van der Waals surface area contributed by atoms with Gasteiger partial charge in [-0.25, -0.2) is 9.13 Å². The predicted molar refractivity (Wildman–Crippen MR) is 306 cm³/mol. The van der Waals surface area contributed by atoms with E-state index in [1.807, 2.05) is 26.0 Å². The number of ether oxygens (including phenoxy) is 2. The summed E-state index contributed by atoms with van der Waals surface area (Å²) in [6, 6.07) is 21.4. The molecule has 0 aliphatic carbocycles. The number of aromatic amines is 2. The zero-order valence-corrected chi connectivity index (χ0v) is 45.5. The molecule has 10 rings (SSSR count). The van der Waals surface area contributed by atoms with Crippen LogP contribution in [0.5, 0.6) is 11.5 Å². The Morgan fingerprint density at radius 3 is 1.42 bits per heavy atom. The molecule has 76 heavy (non-hydrogen) atoms. The summed E-state index contributed by atoms with van der Waals surface area (Å²) in [4.78, 5) is 39.0. The van der Waals surface area contributed by atoms with Crippen molar-refractivity contribution >= 4 is 77.0 Å². The smallest absolute Gasteiger partial charge is 0.223 e. The van der Waals surface area contributed by atoms with Gasteiger partial charge in [0, 0.05) is 69.6 Å². The number of rotatable bonds is 23. The molecule has 0 unspecified atom stereocenters. The number of nitrogens with one attached hydrogen (secondary N) is 4. The zero-order chi connectivity index (χ0) is 52.7. The molecule has 4 aromatic carbocycles. The number of methoxy groups -OCH3 is 2. The third-order valence-electron chi connectivity index (χ3n) is 17.2. The topological polar surface area (TPSA) is 175 Å². The Labute approximate surface area is 447 Å². The number of benzene rings is 4. The first-order valence-corrected chi connectivity index (χ1v) is 28.4. The second-order valence-corrected chi connectivity index (χ2v) is 22.2. The number of likely N-dealkylation sites (tertiary alicyclic amines) is 2. The normalized spacial score (nSPS) is 16.1. The molecule has 2 aliphatic heterocycles. The van der Waals surface area contributed by atoms with Gasteiger partial charge >= 0.3 is 0 Å². The maximum atomic E-state index is 13.1. The Morgan fingerprint density at radius 2 is 1.03 bits per heavy atom. The van der Waals surface area contributed by atoms with Gasteiger partial charge in [-0.05, 0) is 173 Å². The van der Waals surface area contributed by atoms with E-state index in [1.165, 1.54) is 47.2 Å². The van der Waals surface area contributed by atoms with Crippen LogP contribution >= 0.6 is 0 Å². The Hall–Kier alpha value is -6.32. The van der Waals surface area contributed by atoms with E-state index in [0.717, 1.165) is 169 Å². The molecule has 6 heterocycles. The molecule has 8 aromatic rings. The maximum absolute atomic E-state index is 13.1. The van der Waals surface area contributed by atoms with Crippen molar-refractivity contribution in [3.05, 3.63) is 96.6 Å². The zero-order valence-electron chi connectivity index (χ0n) is 45.5. The molecule has 0 saturated carbocycles. The summed E-state index contributed by atoms with van der Waals surface area (Å²) >= 11 is 0. The minimum atomic E-state index is -0.0551. The number of fused-ring (bicyclic) bond motifs is 10. The van der Waals surface area contributed by atoms with E-state index in [0.29, 0.717) is 26.2 Å². The van der Waals surface area contributed by atoms with Crippen LogP contribution < -0.4 is 40.7 Å². The molecule has 2 saturated heterocycles. The van der Waals surface area contributed by atoms with Crippen LogP contribution in [-0.4, -0.2) is 98.2 Å². The van der Waals surface area contributed by atoms with Gasteiger partial charge in [-0.3, -0.25) is 19.4 Å². The number of carbonyl (C=O) groups excluding carboxylic acids is 2.